The molecule has 29 heavy (non-hydrogen) atoms. The van der Waals surface area contributed by atoms with Gasteiger partial charge in [0.1, 0.15) is 16.9 Å². The van der Waals surface area contributed by atoms with Crippen molar-refractivity contribution in [1.29, 1.82) is 0 Å². The number of carbonyl (C=O) groups excluding carboxylic acids is 1. The molecular formula is C20H22N4O5. The molecule has 152 valence electrons. The molecule has 0 spiro atoms. The van der Waals surface area contributed by atoms with Gasteiger partial charge in [0.25, 0.3) is 11.5 Å². The van der Waals surface area contributed by atoms with Crippen LogP contribution in [0.15, 0.2) is 40.1 Å². The topological polar surface area (TPSA) is 104 Å². The molecule has 0 aliphatic heterocycles. The average molecular weight is 398 g/mol. The van der Waals surface area contributed by atoms with Gasteiger partial charge in [0, 0.05) is 20.3 Å². The lowest BCUT2D eigenvalue weighted by Gasteiger charge is -2.14. The van der Waals surface area contributed by atoms with Gasteiger partial charge in [-0.3, -0.25) is 18.7 Å². The van der Waals surface area contributed by atoms with E-state index >= 15 is 0 Å². The summed E-state index contributed by atoms with van der Waals surface area (Å²) in [4.78, 5) is 41.4. The zero-order chi connectivity index (χ0) is 21.1. The van der Waals surface area contributed by atoms with Crippen LogP contribution in [0.5, 0.6) is 11.5 Å². The first-order valence-corrected chi connectivity index (χ1v) is 9.04. The molecule has 9 nitrogen and oxygen atoms in total. The van der Waals surface area contributed by atoms with E-state index in [1.165, 1.54) is 24.9 Å². The van der Waals surface area contributed by atoms with E-state index in [0.717, 1.165) is 4.57 Å². The molecule has 2 heterocycles. The van der Waals surface area contributed by atoms with Crippen molar-refractivity contribution in [2.24, 2.45) is 14.1 Å². The highest BCUT2D eigenvalue weighted by Gasteiger charge is 2.17. The fraction of sp³-hybridized carbons (Fsp3) is 0.300. The van der Waals surface area contributed by atoms with Crippen LogP contribution in [0.4, 0.5) is 5.69 Å². The largest absolute Gasteiger partial charge is 0.494 e. The van der Waals surface area contributed by atoms with Gasteiger partial charge in [0.05, 0.1) is 12.3 Å². The molecule has 0 atom stereocenters. The quantitative estimate of drug-likeness (QED) is 0.672. The van der Waals surface area contributed by atoms with Gasteiger partial charge in [0.15, 0.2) is 12.3 Å². The third-order valence-electron chi connectivity index (χ3n) is 4.43. The van der Waals surface area contributed by atoms with Gasteiger partial charge >= 0.3 is 5.69 Å². The molecule has 1 aromatic carbocycles. The summed E-state index contributed by atoms with van der Waals surface area (Å²) in [5.74, 6) is 0.785. The number of hydrogen-bond acceptors (Lipinski definition) is 6. The Bertz CT molecular complexity index is 1180. The molecule has 0 radical (unpaired) electrons. The number of carbonyl (C=O) groups is 1. The van der Waals surface area contributed by atoms with Gasteiger partial charge in [-0.1, -0.05) is 0 Å². The highest BCUT2D eigenvalue weighted by Crippen LogP contribution is 2.22. The summed E-state index contributed by atoms with van der Waals surface area (Å²) in [6.45, 7) is 3.93. The molecule has 3 aromatic rings. The first-order chi connectivity index (χ1) is 13.8. The highest BCUT2D eigenvalue weighted by molar-refractivity contribution is 6.01. The van der Waals surface area contributed by atoms with Crippen LogP contribution in [0, 0.1) is 6.92 Å². The molecule has 0 unspecified atom stereocenters. The van der Waals surface area contributed by atoms with Gasteiger partial charge in [-0.05, 0) is 43.7 Å². The van der Waals surface area contributed by atoms with Gasteiger partial charge in [-0.2, -0.15) is 0 Å². The van der Waals surface area contributed by atoms with Crippen LogP contribution in [0.1, 0.15) is 12.5 Å². The Balaban J connectivity index is 1.84. The summed E-state index contributed by atoms with van der Waals surface area (Å²) < 4.78 is 13.1. The zero-order valence-corrected chi connectivity index (χ0v) is 16.7. The number of fused-ring (bicyclic) bond motifs is 1. The first-order valence-electron chi connectivity index (χ1n) is 9.04. The number of pyridine rings is 1. The Kier molecular flexibility index (Phi) is 5.67. The smallest absolute Gasteiger partial charge is 0.332 e. The maximum Gasteiger partial charge on any atom is 0.332 e. The Morgan fingerprint density at radius 2 is 1.69 bits per heavy atom. The van der Waals surface area contributed by atoms with Crippen LogP contribution in [-0.4, -0.2) is 33.2 Å². The monoisotopic (exact) mass is 398 g/mol. The number of nitrogens with one attached hydrogen (secondary N) is 1. The van der Waals surface area contributed by atoms with E-state index in [9.17, 15) is 14.4 Å². The van der Waals surface area contributed by atoms with E-state index in [4.69, 9.17) is 9.47 Å². The number of anilines is 1. The highest BCUT2D eigenvalue weighted by atomic mass is 16.5. The number of rotatable bonds is 6. The number of ether oxygens (including phenoxy) is 2. The molecule has 0 bridgehead atoms. The number of aryl methyl sites for hydroxylation is 2. The lowest BCUT2D eigenvalue weighted by Crippen LogP contribution is -2.38. The molecule has 1 N–H and O–H groups in total. The van der Waals surface area contributed by atoms with Gasteiger partial charge in [-0.15, -0.1) is 0 Å². The molecule has 3 rings (SSSR count). The number of benzene rings is 1. The molecule has 0 aliphatic carbocycles. The minimum Gasteiger partial charge on any atom is -0.494 e. The van der Waals surface area contributed by atoms with Crippen molar-refractivity contribution >= 4 is 22.6 Å². The predicted molar refractivity (Wildman–Crippen MR) is 109 cm³/mol. The maximum atomic E-state index is 12.6. The normalized spacial score (nSPS) is 10.8. The summed E-state index contributed by atoms with van der Waals surface area (Å²) >= 11 is 0. The SMILES string of the molecule is CCOc1ccc(OCC(=O)Nc2c(C)cnc3c2c(=O)n(C)c(=O)n3C)cc1. The summed E-state index contributed by atoms with van der Waals surface area (Å²) in [6, 6.07) is 6.91. The molecule has 0 fully saturated rings. The number of hydrogen-bond donors (Lipinski definition) is 1. The zero-order valence-electron chi connectivity index (χ0n) is 16.7. The van der Waals surface area contributed by atoms with Crippen LogP contribution >= 0.6 is 0 Å². The van der Waals surface area contributed by atoms with E-state index in [1.54, 1.807) is 31.2 Å². The standard InChI is InChI=1S/C20H22N4O5/c1-5-28-13-6-8-14(9-7-13)29-11-15(25)22-17-12(2)10-21-18-16(17)19(26)24(4)20(27)23(18)3/h6-10H,5,11H2,1-4H3,(H,21,22,25). The van der Waals surface area contributed by atoms with Crippen LogP contribution in [0.25, 0.3) is 11.0 Å². The lowest BCUT2D eigenvalue weighted by atomic mass is 10.2. The predicted octanol–water partition coefficient (Wildman–Crippen LogP) is 1.36. The Hall–Kier alpha value is -3.62. The van der Waals surface area contributed by atoms with Crippen LogP contribution in [0.2, 0.25) is 0 Å². The van der Waals surface area contributed by atoms with Crippen molar-refractivity contribution < 1.29 is 14.3 Å². The summed E-state index contributed by atoms with van der Waals surface area (Å²) in [7, 11) is 2.90. The Morgan fingerprint density at radius 1 is 1.07 bits per heavy atom. The van der Waals surface area contributed by atoms with Crippen molar-refractivity contribution in [3.8, 4) is 11.5 Å². The second kappa shape index (κ2) is 8.17. The second-order valence-electron chi connectivity index (χ2n) is 6.46. The second-order valence-corrected chi connectivity index (χ2v) is 6.46. The molecular weight excluding hydrogens is 376 g/mol. The van der Waals surface area contributed by atoms with Gasteiger partial charge in [-0.25, -0.2) is 9.78 Å². The van der Waals surface area contributed by atoms with Crippen molar-refractivity contribution in [2.75, 3.05) is 18.5 Å². The average Bonchev–Trinajstić information content (AvgIpc) is 2.71. The summed E-state index contributed by atoms with van der Waals surface area (Å²) in [5, 5.41) is 2.88. The van der Waals surface area contributed by atoms with E-state index in [2.05, 4.69) is 10.3 Å². The van der Waals surface area contributed by atoms with Crippen molar-refractivity contribution in [2.45, 2.75) is 13.8 Å². The minimum absolute atomic E-state index is 0.170. The third kappa shape index (κ3) is 3.98. The van der Waals surface area contributed by atoms with E-state index in [-0.39, 0.29) is 17.6 Å². The Labute approximate surface area is 166 Å². The Morgan fingerprint density at radius 3 is 2.31 bits per heavy atom. The molecule has 9 heteroatoms. The van der Waals surface area contributed by atoms with Gasteiger partial charge < -0.3 is 14.8 Å². The molecule has 1 amide bonds. The number of nitrogens with zero attached hydrogens (tertiary/aromatic N) is 3. The maximum absolute atomic E-state index is 12.6. The molecule has 0 saturated heterocycles. The van der Waals surface area contributed by atoms with E-state index in [1.807, 2.05) is 6.92 Å². The van der Waals surface area contributed by atoms with Crippen LogP contribution in [0.3, 0.4) is 0 Å². The summed E-state index contributed by atoms with van der Waals surface area (Å²) in [6.07, 6.45) is 1.50. The third-order valence-corrected chi connectivity index (χ3v) is 4.43. The van der Waals surface area contributed by atoms with Crippen molar-refractivity contribution in [1.82, 2.24) is 14.1 Å². The number of aromatic nitrogens is 3. The van der Waals surface area contributed by atoms with Crippen molar-refractivity contribution in [3.05, 3.63) is 56.9 Å². The lowest BCUT2D eigenvalue weighted by molar-refractivity contribution is -0.118. The molecule has 0 saturated carbocycles. The van der Waals surface area contributed by atoms with Gasteiger partial charge in [0.2, 0.25) is 0 Å². The van der Waals surface area contributed by atoms with E-state index in [0.29, 0.717) is 29.4 Å². The minimum atomic E-state index is -0.526. The van der Waals surface area contributed by atoms with E-state index < -0.39 is 17.2 Å². The molecule has 2 aromatic heterocycles. The van der Waals surface area contributed by atoms with Crippen LogP contribution < -0.4 is 26.0 Å². The first kappa shape index (κ1) is 20.1. The van der Waals surface area contributed by atoms with Crippen molar-refractivity contribution in [3.63, 3.8) is 0 Å². The fourth-order valence-electron chi connectivity index (χ4n) is 2.91. The number of amides is 1. The fourth-order valence-corrected chi connectivity index (χ4v) is 2.91. The van der Waals surface area contributed by atoms with Crippen LogP contribution in [-0.2, 0) is 18.9 Å². The molecule has 0 aliphatic rings. The summed E-state index contributed by atoms with van der Waals surface area (Å²) in [5.41, 5.74) is 0.0950.